The Morgan fingerprint density at radius 2 is 2.06 bits per heavy atom. The first-order chi connectivity index (χ1) is 8.35. The zero-order valence-electron chi connectivity index (χ0n) is 10.4. The minimum atomic E-state index is 0.145. The smallest absolute Gasteiger partial charge is 0.119 e. The summed E-state index contributed by atoms with van der Waals surface area (Å²) in [4.78, 5) is 0. The van der Waals surface area contributed by atoms with E-state index in [9.17, 15) is 0 Å². The third kappa shape index (κ3) is 3.45. The molecule has 0 radical (unpaired) electrons. The van der Waals surface area contributed by atoms with Gasteiger partial charge in [-0.2, -0.15) is 0 Å². The van der Waals surface area contributed by atoms with Crippen LogP contribution in [0.2, 0.25) is 0 Å². The SMILES string of the molecule is CCOCC1(COc2ccccc2)CCNC1. The Morgan fingerprint density at radius 3 is 2.71 bits per heavy atom. The van der Waals surface area contributed by atoms with Crippen molar-refractivity contribution in [3.63, 3.8) is 0 Å². The maximum Gasteiger partial charge on any atom is 0.119 e. The molecule has 1 atom stereocenters. The molecule has 1 aliphatic heterocycles. The van der Waals surface area contributed by atoms with Crippen molar-refractivity contribution in [3.05, 3.63) is 30.3 Å². The summed E-state index contributed by atoms with van der Waals surface area (Å²) in [7, 11) is 0. The predicted molar refractivity (Wildman–Crippen MR) is 68.3 cm³/mol. The van der Waals surface area contributed by atoms with Crippen LogP contribution >= 0.6 is 0 Å². The number of para-hydroxylation sites is 1. The van der Waals surface area contributed by atoms with Gasteiger partial charge in [-0.05, 0) is 32.0 Å². The third-order valence-electron chi connectivity index (χ3n) is 3.23. The van der Waals surface area contributed by atoms with Crippen molar-refractivity contribution < 1.29 is 9.47 Å². The van der Waals surface area contributed by atoms with Crippen molar-refractivity contribution >= 4 is 0 Å². The van der Waals surface area contributed by atoms with Crippen molar-refractivity contribution in [1.82, 2.24) is 5.32 Å². The first kappa shape index (κ1) is 12.4. The Bertz CT molecular complexity index is 320. The molecule has 0 spiro atoms. The maximum absolute atomic E-state index is 5.87. The quantitative estimate of drug-likeness (QED) is 0.819. The van der Waals surface area contributed by atoms with Gasteiger partial charge in [-0.3, -0.25) is 0 Å². The van der Waals surface area contributed by atoms with Crippen LogP contribution in [0.25, 0.3) is 0 Å². The molecule has 1 fully saturated rings. The lowest BCUT2D eigenvalue weighted by Gasteiger charge is -2.27. The summed E-state index contributed by atoms with van der Waals surface area (Å²) in [5.74, 6) is 0.940. The summed E-state index contributed by atoms with van der Waals surface area (Å²) in [6, 6.07) is 9.99. The Labute approximate surface area is 103 Å². The summed E-state index contributed by atoms with van der Waals surface area (Å²) in [6.07, 6.45) is 1.12. The van der Waals surface area contributed by atoms with Crippen LogP contribution in [0.15, 0.2) is 30.3 Å². The molecule has 0 aliphatic carbocycles. The Hall–Kier alpha value is -1.06. The van der Waals surface area contributed by atoms with Crippen molar-refractivity contribution in [1.29, 1.82) is 0 Å². The zero-order valence-corrected chi connectivity index (χ0v) is 10.4. The largest absolute Gasteiger partial charge is 0.493 e. The van der Waals surface area contributed by atoms with Gasteiger partial charge in [-0.1, -0.05) is 18.2 Å². The number of benzene rings is 1. The molecule has 3 heteroatoms. The van der Waals surface area contributed by atoms with Crippen LogP contribution in [0.3, 0.4) is 0 Å². The fraction of sp³-hybridized carbons (Fsp3) is 0.571. The lowest BCUT2D eigenvalue weighted by Crippen LogP contribution is -2.36. The molecule has 3 nitrogen and oxygen atoms in total. The van der Waals surface area contributed by atoms with Gasteiger partial charge >= 0.3 is 0 Å². The molecule has 0 aromatic heterocycles. The minimum Gasteiger partial charge on any atom is -0.493 e. The number of nitrogens with one attached hydrogen (secondary N) is 1. The van der Waals surface area contributed by atoms with Gasteiger partial charge < -0.3 is 14.8 Å². The first-order valence-corrected chi connectivity index (χ1v) is 6.31. The van der Waals surface area contributed by atoms with E-state index in [1.165, 1.54) is 0 Å². The first-order valence-electron chi connectivity index (χ1n) is 6.31. The highest BCUT2D eigenvalue weighted by molar-refractivity contribution is 5.21. The highest BCUT2D eigenvalue weighted by Gasteiger charge is 2.35. The molecule has 1 aromatic rings. The van der Waals surface area contributed by atoms with Gasteiger partial charge in [0.1, 0.15) is 5.75 Å². The Morgan fingerprint density at radius 1 is 1.24 bits per heavy atom. The van der Waals surface area contributed by atoms with E-state index < -0.39 is 0 Å². The molecule has 0 saturated carbocycles. The van der Waals surface area contributed by atoms with Gasteiger partial charge in [0.25, 0.3) is 0 Å². The number of hydrogen-bond acceptors (Lipinski definition) is 3. The van der Waals surface area contributed by atoms with E-state index in [-0.39, 0.29) is 5.41 Å². The van der Waals surface area contributed by atoms with Crippen LogP contribution < -0.4 is 10.1 Å². The second-order valence-electron chi connectivity index (χ2n) is 4.67. The van der Waals surface area contributed by atoms with Crippen molar-refractivity contribution in [2.75, 3.05) is 32.9 Å². The molecule has 1 N–H and O–H groups in total. The molecule has 2 rings (SSSR count). The van der Waals surface area contributed by atoms with Crippen LogP contribution in [0.1, 0.15) is 13.3 Å². The monoisotopic (exact) mass is 235 g/mol. The summed E-state index contributed by atoms with van der Waals surface area (Å²) in [5.41, 5.74) is 0.145. The average molecular weight is 235 g/mol. The topological polar surface area (TPSA) is 30.5 Å². The Balaban J connectivity index is 1.89. The van der Waals surface area contributed by atoms with Gasteiger partial charge in [0.2, 0.25) is 0 Å². The average Bonchev–Trinajstić information content (AvgIpc) is 2.85. The highest BCUT2D eigenvalue weighted by Crippen LogP contribution is 2.27. The Kier molecular flexibility index (Phi) is 4.40. The highest BCUT2D eigenvalue weighted by atomic mass is 16.5. The fourth-order valence-electron chi connectivity index (χ4n) is 2.16. The van der Waals surface area contributed by atoms with Gasteiger partial charge in [-0.15, -0.1) is 0 Å². The van der Waals surface area contributed by atoms with E-state index in [0.29, 0.717) is 0 Å². The molecule has 1 saturated heterocycles. The number of hydrogen-bond donors (Lipinski definition) is 1. The van der Waals surface area contributed by atoms with E-state index in [2.05, 4.69) is 5.32 Å². The normalized spacial score (nSPS) is 23.8. The van der Waals surface area contributed by atoms with Crippen LogP contribution in [-0.2, 0) is 4.74 Å². The van der Waals surface area contributed by atoms with Gasteiger partial charge in [-0.25, -0.2) is 0 Å². The van der Waals surface area contributed by atoms with Crippen molar-refractivity contribution in [3.8, 4) is 5.75 Å². The standard InChI is InChI=1S/C14H21NO2/c1-2-16-11-14(8-9-15-10-14)12-17-13-6-4-3-5-7-13/h3-7,15H,2,8-12H2,1H3. The maximum atomic E-state index is 5.87. The fourth-order valence-corrected chi connectivity index (χ4v) is 2.16. The van der Waals surface area contributed by atoms with Crippen LogP contribution in [0.5, 0.6) is 5.75 Å². The molecule has 17 heavy (non-hydrogen) atoms. The van der Waals surface area contributed by atoms with Crippen LogP contribution in [-0.4, -0.2) is 32.9 Å². The van der Waals surface area contributed by atoms with Gasteiger partial charge in [0, 0.05) is 18.6 Å². The molecule has 0 amide bonds. The second-order valence-corrected chi connectivity index (χ2v) is 4.67. The van der Waals surface area contributed by atoms with E-state index in [0.717, 1.165) is 45.1 Å². The van der Waals surface area contributed by atoms with E-state index >= 15 is 0 Å². The minimum absolute atomic E-state index is 0.145. The van der Waals surface area contributed by atoms with Crippen LogP contribution in [0.4, 0.5) is 0 Å². The number of ether oxygens (including phenoxy) is 2. The molecule has 1 aliphatic rings. The lowest BCUT2D eigenvalue weighted by atomic mass is 9.89. The lowest BCUT2D eigenvalue weighted by molar-refractivity contribution is 0.0305. The number of rotatable bonds is 6. The molecule has 1 unspecified atom stereocenters. The molecular formula is C14H21NO2. The second kappa shape index (κ2) is 6.03. The van der Waals surface area contributed by atoms with Gasteiger partial charge in [0.15, 0.2) is 0 Å². The molecule has 0 bridgehead atoms. The van der Waals surface area contributed by atoms with E-state index in [4.69, 9.17) is 9.47 Å². The van der Waals surface area contributed by atoms with Crippen LogP contribution in [0, 0.1) is 5.41 Å². The molecule has 1 heterocycles. The summed E-state index contributed by atoms with van der Waals surface area (Å²) < 4.78 is 11.5. The predicted octanol–water partition coefficient (Wildman–Crippen LogP) is 2.08. The van der Waals surface area contributed by atoms with Crippen molar-refractivity contribution in [2.24, 2.45) is 5.41 Å². The summed E-state index contributed by atoms with van der Waals surface area (Å²) >= 11 is 0. The molecule has 1 aromatic carbocycles. The van der Waals surface area contributed by atoms with E-state index in [1.807, 2.05) is 37.3 Å². The van der Waals surface area contributed by atoms with Gasteiger partial charge in [0.05, 0.1) is 13.2 Å². The molecule has 94 valence electrons. The van der Waals surface area contributed by atoms with E-state index in [1.54, 1.807) is 0 Å². The third-order valence-corrected chi connectivity index (χ3v) is 3.23. The molecular weight excluding hydrogens is 214 g/mol. The van der Waals surface area contributed by atoms with Crippen molar-refractivity contribution in [2.45, 2.75) is 13.3 Å². The summed E-state index contributed by atoms with van der Waals surface area (Å²) in [6.45, 7) is 6.36. The zero-order chi connectivity index (χ0) is 12.0. The summed E-state index contributed by atoms with van der Waals surface area (Å²) in [5, 5.41) is 3.40.